The Morgan fingerprint density at radius 2 is 1.56 bits per heavy atom. The van der Waals surface area contributed by atoms with Gasteiger partial charge in [0.15, 0.2) is 12.7 Å². The maximum atomic E-state index is 13.7. The molecular weight excluding hydrogens is 512 g/mol. The van der Waals surface area contributed by atoms with Crippen molar-refractivity contribution in [1.29, 1.82) is 0 Å². The van der Waals surface area contributed by atoms with Gasteiger partial charge in [-0.05, 0) is 35.8 Å². The largest absolute Gasteiger partial charge is 0.484 e. The minimum absolute atomic E-state index is 0.213. The summed E-state index contributed by atoms with van der Waals surface area (Å²) in [5.74, 6) is -0.284. The van der Waals surface area contributed by atoms with Crippen LogP contribution in [0.25, 0.3) is 0 Å². The third kappa shape index (κ3) is 5.76. The third-order valence-corrected chi connectivity index (χ3v) is 7.72. The van der Waals surface area contributed by atoms with Crippen LogP contribution in [0, 0.1) is 0 Å². The lowest BCUT2D eigenvalue weighted by Crippen LogP contribution is -2.70. The normalized spacial score (nSPS) is 18.5. The molecule has 8 heteroatoms. The highest BCUT2D eigenvalue weighted by Gasteiger charge is 2.54. The van der Waals surface area contributed by atoms with E-state index in [-0.39, 0.29) is 18.2 Å². The van der Waals surface area contributed by atoms with Crippen LogP contribution >= 0.6 is 11.8 Å². The number of fused-ring (bicyclic) bond motifs is 1. The Balaban J connectivity index is 1.34. The average Bonchev–Trinajstić information content (AvgIpc) is 2.98. The van der Waals surface area contributed by atoms with E-state index in [0.717, 1.165) is 11.1 Å². The number of β-lactam (4-membered cyclic amide) rings is 1. The standard InChI is InChI=1S/C31H28N2O5S/c1-2-12-23-20-39-30-26(32-25(34)19-37-24-17-10-5-11-18-24)29(35)33(30)27(23)31(36)38-28(21-13-6-3-7-14-21)22-15-8-4-9-16-22/h2-18,26,28,30H,19-20H2,1H3,(H,32,34)/b12-2-/t26?,30-/m0/s1. The smallest absolute Gasteiger partial charge is 0.356 e. The molecule has 1 fully saturated rings. The first-order valence-corrected chi connectivity index (χ1v) is 13.7. The Morgan fingerprint density at radius 3 is 2.15 bits per heavy atom. The number of hydrogen-bond donors (Lipinski definition) is 1. The van der Waals surface area contributed by atoms with Crippen molar-refractivity contribution in [2.24, 2.45) is 0 Å². The van der Waals surface area contributed by atoms with Gasteiger partial charge in [0.2, 0.25) is 0 Å². The monoisotopic (exact) mass is 540 g/mol. The molecule has 0 spiro atoms. The van der Waals surface area contributed by atoms with Gasteiger partial charge in [0.25, 0.3) is 11.8 Å². The fraction of sp³-hybridized carbons (Fsp3) is 0.194. The molecule has 0 aliphatic carbocycles. The number of esters is 1. The number of carbonyl (C=O) groups excluding carboxylic acids is 3. The second-order valence-corrected chi connectivity index (χ2v) is 10.1. The zero-order chi connectivity index (χ0) is 27.2. The summed E-state index contributed by atoms with van der Waals surface area (Å²) in [6.07, 6.45) is 3.02. The summed E-state index contributed by atoms with van der Waals surface area (Å²) in [6, 6.07) is 27.2. The maximum Gasteiger partial charge on any atom is 0.356 e. The van der Waals surface area contributed by atoms with Crippen molar-refractivity contribution in [3.63, 3.8) is 0 Å². The molecule has 2 heterocycles. The quantitative estimate of drug-likeness (QED) is 0.315. The summed E-state index contributed by atoms with van der Waals surface area (Å²) in [6.45, 7) is 1.65. The predicted molar refractivity (Wildman–Crippen MR) is 150 cm³/mol. The molecule has 0 radical (unpaired) electrons. The van der Waals surface area contributed by atoms with Crippen molar-refractivity contribution in [3.05, 3.63) is 126 Å². The maximum absolute atomic E-state index is 13.7. The predicted octanol–water partition coefficient (Wildman–Crippen LogP) is 4.63. The van der Waals surface area contributed by atoms with Crippen LogP contribution in [-0.4, -0.2) is 46.5 Å². The van der Waals surface area contributed by atoms with Gasteiger partial charge in [-0.2, -0.15) is 0 Å². The molecule has 0 bridgehead atoms. The van der Waals surface area contributed by atoms with Crippen molar-refractivity contribution < 1.29 is 23.9 Å². The summed E-state index contributed by atoms with van der Waals surface area (Å²) < 4.78 is 11.6. The number of allylic oxidation sites excluding steroid dienone is 2. The van der Waals surface area contributed by atoms with Crippen molar-refractivity contribution in [2.75, 3.05) is 12.4 Å². The molecule has 1 unspecified atom stereocenters. The van der Waals surface area contributed by atoms with E-state index in [1.807, 2.05) is 97.9 Å². The molecule has 7 nitrogen and oxygen atoms in total. The number of nitrogens with one attached hydrogen (secondary N) is 1. The van der Waals surface area contributed by atoms with Crippen LogP contribution in [0.3, 0.4) is 0 Å². The van der Waals surface area contributed by atoms with Crippen LogP contribution in [-0.2, 0) is 19.1 Å². The Kier molecular flexibility index (Phi) is 8.13. The highest BCUT2D eigenvalue weighted by atomic mass is 32.2. The van der Waals surface area contributed by atoms with E-state index in [1.54, 1.807) is 12.1 Å². The Morgan fingerprint density at radius 1 is 0.974 bits per heavy atom. The fourth-order valence-electron chi connectivity index (χ4n) is 4.59. The van der Waals surface area contributed by atoms with E-state index in [2.05, 4.69) is 5.32 Å². The zero-order valence-electron chi connectivity index (χ0n) is 21.4. The summed E-state index contributed by atoms with van der Waals surface area (Å²) in [4.78, 5) is 41.0. The molecule has 1 saturated heterocycles. The Bertz CT molecular complexity index is 1350. The van der Waals surface area contributed by atoms with Gasteiger partial charge in [-0.1, -0.05) is 91.0 Å². The minimum Gasteiger partial charge on any atom is -0.484 e. The van der Waals surface area contributed by atoms with Crippen LogP contribution in [0.5, 0.6) is 5.75 Å². The number of ether oxygens (including phenoxy) is 2. The third-order valence-electron chi connectivity index (χ3n) is 6.42. The van der Waals surface area contributed by atoms with Gasteiger partial charge in [-0.3, -0.25) is 14.5 Å². The second-order valence-electron chi connectivity index (χ2n) is 9.04. The van der Waals surface area contributed by atoms with Gasteiger partial charge in [0, 0.05) is 5.75 Å². The van der Waals surface area contributed by atoms with Gasteiger partial charge in [0.05, 0.1) is 0 Å². The number of thioether (sulfide) groups is 1. The van der Waals surface area contributed by atoms with Crippen molar-refractivity contribution in [1.82, 2.24) is 10.2 Å². The fourth-order valence-corrected chi connectivity index (χ4v) is 5.91. The Hall–Kier alpha value is -4.30. The van der Waals surface area contributed by atoms with E-state index in [1.165, 1.54) is 16.7 Å². The van der Waals surface area contributed by atoms with Crippen molar-refractivity contribution in [3.8, 4) is 5.75 Å². The lowest BCUT2D eigenvalue weighted by atomic mass is 10.0. The number of carbonyl (C=O) groups is 3. The number of benzene rings is 3. The lowest BCUT2D eigenvalue weighted by molar-refractivity contribution is -0.154. The van der Waals surface area contributed by atoms with E-state index in [4.69, 9.17) is 9.47 Å². The van der Waals surface area contributed by atoms with Crippen LogP contribution < -0.4 is 10.1 Å². The summed E-state index contributed by atoms with van der Waals surface area (Å²) in [5, 5.41) is 2.35. The first-order chi connectivity index (χ1) is 19.1. The number of hydrogen-bond acceptors (Lipinski definition) is 6. The topological polar surface area (TPSA) is 84.9 Å². The number of rotatable bonds is 9. The zero-order valence-corrected chi connectivity index (χ0v) is 22.2. The highest BCUT2D eigenvalue weighted by Crippen LogP contribution is 2.42. The lowest BCUT2D eigenvalue weighted by Gasteiger charge is -2.49. The van der Waals surface area contributed by atoms with Crippen molar-refractivity contribution in [2.45, 2.75) is 24.4 Å². The molecule has 5 rings (SSSR count). The molecular formula is C31H28N2O5S. The first-order valence-electron chi connectivity index (χ1n) is 12.7. The van der Waals surface area contributed by atoms with Gasteiger partial charge in [0.1, 0.15) is 22.9 Å². The summed E-state index contributed by atoms with van der Waals surface area (Å²) in [5.41, 5.74) is 2.56. The molecule has 2 aliphatic heterocycles. The highest BCUT2D eigenvalue weighted by molar-refractivity contribution is 8.00. The van der Waals surface area contributed by atoms with Gasteiger partial charge in [-0.15, -0.1) is 11.8 Å². The van der Waals surface area contributed by atoms with E-state index >= 15 is 0 Å². The van der Waals surface area contributed by atoms with E-state index < -0.39 is 29.4 Å². The summed E-state index contributed by atoms with van der Waals surface area (Å²) >= 11 is 1.49. The minimum atomic E-state index is -0.754. The molecule has 2 aliphatic rings. The molecule has 198 valence electrons. The van der Waals surface area contributed by atoms with Crippen LogP contribution in [0.15, 0.2) is 114 Å². The Labute approximate surface area is 231 Å². The number of amides is 2. The molecule has 0 saturated carbocycles. The number of para-hydroxylation sites is 1. The second kappa shape index (κ2) is 12.0. The average molecular weight is 541 g/mol. The first kappa shape index (κ1) is 26.3. The summed E-state index contributed by atoms with van der Waals surface area (Å²) in [7, 11) is 0. The van der Waals surface area contributed by atoms with Gasteiger partial charge >= 0.3 is 5.97 Å². The molecule has 2 amide bonds. The van der Waals surface area contributed by atoms with E-state index in [9.17, 15) is 14.4 Å². The van der Waals surface area contributed by atoms with Crippen LogP contribution in [0.4, 0.5) is 0 Å². The van der Waals surface area contributed by atoms with Crippen LogP contribution in [0.2, 0.25) is 0 Å². The molecule has 39 heavy (non-hydrogen) atoms. The van der Waals surface area contributed by atoms with Gasteiger partial charge in [-0.25, -0.2) is 4.79 Å². The molecule has 2 atom stereocenters. The molecule has 0 aromatic heterocycles. The van der Waals surface area contributed by atoms with Crippen molar-refractivity contribution >= 4 is 29.5 Å². The SMILES string of the molecule is C/C=C\C1=C(C(=O)OC(c2ccccc2)c2ccccc2)N2C(=O)C(NC(=O)COc3ccccc3)[C@@H]2SC1. The van der Waals surface area contributed by atoms with Gasteiger partial charge < -0.3 is 14.8 Å². The molecule has 3 aromatic rings. The number of nitrogens with zero attached hydrogens (tertiary/aromatic N) is 1. The van der Waals surface area contributed by atoms with E-state index in [0.29, 0.717) is 17.1 Å². The van der Waals surface area contributed by atoms with Crippen LogP contribution in [0.1, 0.15) is 24.2 Å². The molecule has 3 aromatic carbocycles. The molecule has 1 N–H and O–H groups in total.